The number of nitrogens with two attached hydrogens (primary N) is 1. The Kier molecular flexibility index (Phi) is 3.80. The average Bonchev–Trinajstić information content (AvgIpc) is 2.37. The maximum atomic E-state index is 5.72. The zero-order chi connectivity index (χ0) is 14.0. The summed E-state index contributed by atoms with van der Waals surface area (Å²) in [5.41, 5.74) is 5.78. The Morgan fingerprint density at radius 1 is 1.42 bits per heavy atom. The van der Waals surface area contributed by atoms with Gasteiger partial charge in [-0.05, 0) is 13.3 Å². The Morgan fingerprint density at radius 2 is 2.11 bits per heavy atom. The smallest absolute Gasteiger partial charge is 0.223 e. The molecule has 1 fully saturated rings. The fraction of sp³-hybridized carbons (Fsp3) is 0.692. The van der Waals surface area contributed by atoms with Crippen LogP contribution in [-0.4, -0.2) is 35.8 Å². The van der Waals surface area contributed by atoms with Crippen molar-refractivity contribution in [3.8, 4) is 0 Å². The van der Waals surface area contributed by atoms with Gasteiger partial charge < -0.3 is 21.1 Å². The fourth-order valence-electron chi connectivity index (χ4n) is 2.46. The number of rotatable bonds is 5. The van der Waals surface area contributed by atoms with Crippen LogP contribution in [0.25, 0.3) is 0 Å². The second-order valence-corrected chi connectivity index (χ2v) is 5.44. The van der Waals surface area contributed by atoms with E-state index >= 15 is 0 Å². The van der Waals surface area contributed by atoms with Gasteiger partial charge in [0.15, 0.2) is 0 Å². The molecule has 0 radical (unpaired) electrons. The normalized spacial score (nSPS) is 24.6. The second kappa shape index (κ2) is 5.21. The Morgan fingerprint density at radius 3 is 2.68 bits per heavy atom. The predicted octanol–water partition coefficient (Wildman–Crippen LogP) is 1.72. The van der Waals surface area contributed by atoms with Crippen LogP contribution in [0.15, 0.2) is 6.07 Å². The molecular formula is C13H23N5O. The van der Waals surface area contributed by atoms with Crippen LogP contribution < -0.4 is 16.4 Å². The lowest BCUT2D eigenvalue weighted by Gasteiger charge is -2.51. The number of nitrogen functional groups attached to an aromatic ring is 1. The first kappa shape index (κ1) is 13.9. The second-order valence-electron chi connectivity index (χ2n) is 5.44. The number of anilines is 3. The first-order valence-electron chi connectivity index (χ1n) is 6.67. The van der Waals surface area contributed by atoms with Gasteiger partial charge >= 0.3 is 0 Å². The summed E-state index contributed by atoms with van der Waals surface area (Å²) in [4.78, 5) is 8.29. The van der Waals surface area contributed by atoms with Gasteiger partial charge in [0.2, 0.25) is 5.95 Å². The van der Waals surface area contributed by atoms with E-state index in [0.717, 1.165) is 18.8 Å². The third-order valence-corrected chi connectivity index (χ3v) is 3.87. The lowest BCUT2D eigenvalue weighted by atomic mass is 9.64. The molecule has 2 atom stereocenters. The van der Waals surface area contributed by atoms with Crippen LogP contribution >= 0.6 is 0 Å². The molecule has 1 aliphatic rings. The molecule has 0 spiro atoms. The summed E-state index contributed by atoms with van der Waals surface area (Å²) >= 11 is 0. The molecule has 4 N–H and O–H groups in total. The van der Waals surface area contributed by atoms with E-state index in [2.05, 4.69) is 34.4 Å². The molecule has 1 saturated carbocycles. The van der Waals surface area contributed by atoms with Crippen molar-refractivity contribution in [3.63, 3.8) is 0 Å². The maximum Gasteiger partial charge on any atom is 0.223 e. The van der Waals surface area contributed by atoms with Gasteiger partial charge in [0.05, 0.1) is 6.10 Å². The van der Waals surface area contributed by atoms with Crippen molar-refractivity contribution in [2.45, 2.75) is 39.3 Å². The quantitative estimate of drug-likeness (QED) is 0.751. The van der Waals surface area contributed by atoms with E-state index in [9.17, 15) is 0 Å². The minimum atomic E-state index is 0.0928. The van der Waals surface area contributed by atoms with Crippen molar-refractivity contribution in [1.29, 1.82) is 0 Å². The summed E-state index contributed by atoms with van der Waals surface area (Å²) in [6.45, 7) is 7.20. The number of nitrogens with one attached hydrogen (secondary N) is 2. The third kappa shape index (κ3) is 2.73. The Balaban J connectivity index is 2.05. The van der Waals surface area contributed by atoms with E-state index < -0.39 is 0 Å². The summed E-state index contributed by atoms with van der Waals surface area (Å²) in [6, 6.07) is 2.20. The average molecular weight is 265 g/mol. The highest BCUT2D eigenvalue weighted by Gasteiger charge is 2.49. The van der Waals surface area contributed by atoms with Gasteiger partial charge in [-0.1, -0.05) is 13.8 Å². The van der Waals surface area contributed by atoms with E-state index in [1.807, 2.05) is 20.0 Å². The summed E-state index contributed by atoms with van der Waals surface area (Å²) in [7, 11) is 1.81. The minimum absolute atomic E-state index is 0.0928. The van der Waals surface area contributed by atoms with Crippen molar-refractivity contribution in [2.24, 2.45) is 5.41 Å². The van der Waals surface area contributed by atoms with Crippen molar-refractivity contribution < 1.29 is 4.74 Å². The van der Waals surface area contributed by atoms with Gasteiger partial charge in [-0.25, -0.2) is 0 Å². The van der Waals surface area contributed by atoms with Crippen molar-refractivity contribution in [3.05, 3.63) is 6.07 Å². The molecule has 0 aromatic carbocycles. The summed E-state index contributed by atoms with van der Waals surface area (Å²) in [5, 5.41) is 6.39. The molecule has 0 amide bonds. The van der Waals surface area contributed by atoms with Gasteiger partial charge in [0.1, 0.15) is 11.6 Å². The van der Waals surface area contributed by atoms with Crippen LogP contribution in [0.3, 0.4) is 0 Å². The molecule has 2 unspecified atom stereocenters. The standard InChI is InChI=1S/C13H23N5O/c1-5-19-9-6-8(13(9,2)3)16-11-7-10(15-4)17-12(14)18-11/h7-9H,5-6H2,1-4H3,(H4,14,15,16,17,18). The van der Waals surface area contributed by atoms with Crippen molar-refractivity contribution >= 4 is 17.6 Å². The summed E-state index contributed by atoms with van der Waals surface area (Å²) in [6.07, 6.45) is 1.29. The lowest BCUT2D eigenvalue weighted by molar-refractivity contribution is -0.0976. The highest BCUT2D eigenvalue weighted by Crippen LogP contribution is 2.44. The molecule has 6 nitrogen and oxygen atoms in total. The van der Waals surface area contributed by atoms with Gasteiger partial charge in [-0.2, -0.15) is 9.97 Å². The van der Waals surface area contributed by atoms with Crippen LogP contribution in [-0.2, 0) is 4.74 Å². The van der Waals surface area contributed by atoms with Crippen LogP contribution in [0, 0.1) is 5.41 Å². The molecule has 1 heterocycles. The van der Waals surface area contributed by atoms with Gasteiger partial charge in [0.25, 0.3) is 0 Å². The number of nitrogens with zero attached hydrogens (tertiary/aromatic N) is 2. The summed E-state index contributed by atoms with van der Waals surface area (Å²) in [5.74, 6) is 1.74. The first-order valence-corrected chi connectivity index (χ1v) is 6.67. The van der Waals surface area contributed by atoms with Crippen LogP contribution in [0.2, 0.25) is 0 Å². The van der Waals surface area contributed by atoms with Crippen LogP contribution in [0.1, 0.15) is 27.2 Å². The van der Waals surface area contributed by atoms with Crippen LogP contribution in [0.4, 0.5) is 17.6 Å². The molecule has 19 heavy (non-hydrogen) atoms. The fourth-order valence-corrected chi connectivity index (χ4v) is 2.46. The molecule has 0 bridgehead atoms. The van der Waals surface area contributed by atoms with Crippen LogP contribution in [0.5, 0.6) is 0 Å². The van der Waals surface area contributed by atoms with E-state index in [1.54, 1.807) is 0 Å². The number of aromatic nitrogens is 2. The highest BCUT2D eigenvalue weighted by atomic mass is 16.5. The lowest BCUT2D eigenvalue weighted by Crippen LogP contribution is -2.58. The molecule has 1 aromatic heterocycles. The molecular weight excluding hydrogens is 242 g/mol. The summed E-state index contributed by atoms with van der Waals surface area (Å²) < 4.78 is 5.72. The first-order chi connectivity index (χ1) is 8.97. The molecule has 0 aliphatic heterocycles. The Bertz CT molecular complexity index is 449. The number of hydrogen-bond acceptors (Lipinski definition) is 6. The SMILES string of the molecule is CCOC1CC(Nc2cc(NC)nc(N)n2)C1(C)C. The van der Waals surface area contributed by atoms with E-state index in [-0.39, 0.29) is 11.4 Å². The van der Waals surface area contributed by atoms with Crippen molar-refractivity contribution in [1.82, 2.24) is 9.97 Å². The minimum Gasteiger partial charge on any atom is -0.378 e. The highest BCUT2D eigenvalue weighted by molar-refractivity contribution is 5.51. The topological polar surface area (TPSA) is 85.1 Å². The molecule has 1 aromatic rings. The number of hydrogen-bond donors (Lipinski definition) is 3. The maximum absolute atomic E-state index is 5.72. The monoisotopic (exact) mass is 265 g/mol. The van der Waals surface area contributed by atoms with Gasteiger partial charge in [-0.3, -0.25) is 0 Å². The van der Waals surface area contributed by atoms with Gasteiger partial charge in [-0.15, -0.1) is 0 Å². The van der Waals surface area contributed by atoms with Crippen molar-refractivity contribution in [2.75, 3.05) is 30.0 Å². The molecule has 1 aliphatic carbocycles. The Hall–Kier alpha value is -1.56. The number of ether oxygens (including phenoxy) is 1. The van der Waals surface area contributed by atoms with E-state index in [1.165, 1.54) is 0 Å². The molecule has 6 heteroatoms. The molecule has 0 saturated heterocycles. The molecule has 106 valence electrons. The Labute approximate surface area is 114 Å². The van der Waals surface area contributed by atoms with E-state index in [0.29, 0.717) is 18.0 Å². The van der Waals surface area contributed by atoms with E-state index in [4.69, 9.17) is 10.5 Å². The van der Waals surface area contributed by atoms with Gasteiger partial charge in [0, 0.05) is 31.2 Å². The predicted molar refractivity (Wildman–Crippen MR) is 77.2 cm³/mol. The molecule has 2 rings (SSSR count). The zero-order valence-electron chi connectivity index (χ0n) is 12.0. The largest absolute Gasteiger partial charge is 0.378 e. The third-order valence-electron chi connectivity index (χ3n) is 3.87. The zero-order valence-corrected chi connectivity index (χ0v) is 12.0.